The molecule has 1 unspecified atom stereocenters. The van der Waals surface area contributed by atoms with Crippen LogP contribution in [-0.2, 0) is 0 Å². The number of hydrogen-bond donors (Lipinski definition) is 1. The van der Waals surface area contributed by atoms with Crippen LogP contribution in [0.2, 0.25) is 0 Å². The smallest absolute Gasteiger partial charge is 0.00672 e. The van der Waals surface area contributed by atoms with Crippen LogP contribution in [0.15, 0.2) is 0 Å². The van der Waals surface area contributed by atoms with Crippen LogP contribution in [0.25, 0.3) is 0 Å². The van der Waals surface area contributed by atoms with Gasteiger partial charge in [-0.1, -0.05) is 32.6 Å². The molecule has 0 bridgehead atoms. The van der Waals surface area contributed by atoms with E-state index in [1.54, 1.807) is 0 Å². The predicted octanol–water partition coefficient (Wildman–Crippen LogP) is 3.33. The van der Waals surface area contributed by atoms with Crippen molar-refractivity contribution >= 4 is 0 Å². The van der Waals surface area contributed by atoms with E-state index in [1.807, 2.05) is 0 Å². The molecule has 82 valence electrons. The summed E-state index contributed by atoms with van der Waals surface area (Å²) < 4.78 is 0. The van der Waals surface area contributed by atoms with Gasteiger partial charge in [-0.3, -0.25) is 0 Å². The molecule has 0 spiro atoms. The second-order valence-corrected chi connectivity index (χ2v) is 5.70. The zero-order valence-electron chi connectivity index (χ0n) is 9.54. The molecule has 0 amide bonds. The number of nitrogens with two attached hydrogens (primary N) is 1. The minimum Gasteiger partial charge on any atom is -0.327 e. The summed E-state index contributed by atoms with van der Waals surface area (Å²) in [5, 5.41) is 0. The summed E-state index contributed by atoms with van der Waals surface area (Å²) >= 11 is 0. The zero-order chi connectivity index (χ0) is 9.97. The van der Waals surface area contributed by atoms with Gasteiger partial charge in [0.25, 0.3) is 0 Å². The molecule has 1 nitrogen and oxygen atoms in total. The highest BCUT2D eigenvalue weighted by Gasteiger charge is 2.29. The first-order chi connectivity index (χ1) is 6.75. The fraction of sp³-hybridized carbons (Fsp3) is 1.00. The van der Waals surface area contributed by atoms with Gasteiger partial charge in [-0.15, -0.1) is 0 Å². The summed E-state index contributed by atoms with van der Waals surface area (Å²) in [6, 6.07) is 0.536. The molecule has 2 fully saturated rings. The average Bonchev–Trinajstić information content (AvgIpc) is 3.00. The molecular weight excluding hydrogens is 170 g/mol. The maximum absolute atomic E-state index is 6.12. The van der Waals surface area contributed by atoms with Crippen molar-refractivity contribution in [1.82, 2.24) is 0 Å². The summed E-state index contributed by atoms with van der Waals surface area (Å²) in [6.07, 6.45) is 11.4. The van der Waals surface area contributed by atoms with E-state index in [9.17, 15) is 0 Å². The van der Waals surface area contributed by atoms with E-state index >= 15 is 0 Å². The van der Waals surface area contributed by atoms with Crippen LogP contribution in [0.4, 0.5) is 0 Å². The summed E-state index contributed by atoms with van der Waals surface area (Å²) in [5.41, 5.74) is 6.12. The van der Waals surface area contributed by atoms with Crippen molar-refractivity contribution in [2.24, 2.45) is 23.5 Å². The molecule has 0 heterocycles. The van der Waals surface area contributed by atoms with Crippen molar-refractivity contribution in [3.8, 4) is 0 Å². The predicted molar refractivity (Wildman–Crippen MR) is 61.1 cm³/mol. The molecule has 0 saturated heterocycles. The Bertz CT molecular complexity index is 166. The minimum absolute atomic E-state index is 0.536. The van der Waals surface area contributed by atoms with Gasteiger partial charge < -0.3 is 5.73 Å². The van der Waals surface area contributed by atoms with Gasteiger partial charge >= 0.3 is 0 Å². The maximum Gasteiger partial charge on any atom is 0.00672 e. The second kappa shape index (κ2) is 4.65. The lowest BCUT2D eigenvalue weighted by Crippen LogP contribution is -2.24. The molecule has 1 atom stereocenters. The minimum atomic E-state index is 0.536. The Morgan fingerprint density at radius 2 is 1.71 bits per heavy atom. The normalized spacial score (nSPS) is 35.6. The molecule has 0 radical (unpaired) electrons. The van der Waals surface area contributed by atoms with Gasteiger partial charge in [0, 0.05) is 6.04 Å². The monoisotopic (exact) mass is 195 g/mol. The van der Waals surface area contributed by atoms with Gasteiger partial charge in [-0.05, 0) is 43.4 Å². The lowest BCUT2D eigenvalue weighted by atomic mass is 9.80. The van der Waals surface area contributed by atoms with Gasteiger partial charge in [-0.25, -0.2) is 0 Å². The van der Waals surface area contributed by atoms with Gasteiger partial charge in [0.1, 0.15) is 0 Å². The van der Waals surface area contributed by atoms with Gasteiger partial charge in [0.2, 0.25) is 0 Å². The third kappa shape index (κ3) is 2.98. The Morgan fingerprint density at radius 3 is 2.29 bits per heavy atom. The van der Waals surface area contributed by atoms with Crippen LogP contribution >= 0.6 is 0 Å². The van der Waals surface area contributed by atoms with Crippen molar-refractivity contribution in [1.29, 1.82) is 0 Å². The Hall–Kier alpha value is -0.0400. The molecule has 0 aromatic rings. The first-order valence-corrected chi connectivity index (χ1v) is 6.51. The third-order valence-electron chi connectivity index (χ3n) is 4.27. The number of hydrogen-bond acceptors (Lipinski definition) is 1. The Kier molecular flexibility index (Phi) is 3.48. The van der Waals surface area contributed by atoms with E-state index in [0.717, 1.165) is 17.8 Å². The van der Waals surface area contributed by atoms with Crippen molar-refractivity contribution in [3.05, 3.63) is 0 Å². The highest BCUT2D eigenvalue weighted by molar-refractivity contribution is 4.84. The molecule has 2 saturated carbocycles. The van der Waals surface area contributed by atoms with E-state index in [2.05, 4.69) is 6.92 Å². The Labute approximate surface area is 88.4 Å². The standard InChI is InChI=1S/C13H25N/c1-10-2-4-11(5-3-10)6-9-13(14)12-7-8-12/h10-13H,2-9,14H2,1H3. The topological polar surface area (TPSA) is 26.0 Å². The van der Waals surface area contributed by atoms with E-state index in [1.165, 1.54) is 51.4 Å². The SMILES string of the molecule is CC1CCC(CCC(N)C2CC2)CC1. The van der Waals surface area contributed by atoms with Crippen LogP contribution in [0.3, 0.4) is 0 Å². The molecule has 1 heteroatoms. The summed E-state index contributed by atoms with van der Waals surface area (Å²) in [4.78, 5) is 0. The van der Waals surface area contributed by atoms with Crippen LogP contribution in [0, 0.1) is 17.8 Å². The first kappa shape index (κ1) is 10.5. The molecule has 2 N–H and O–H groups in total. The highest BCUT2D eigenvalue weighted by atomic mass is 14.7. The van der Waals surface area contributed by atoms with Gasteiger partial charge in [0.05, 0.1) is 0 Å². The molecular formula is C13H25N. The van der Waals surface area contributed by atoms with Gasteiger partial charge in [0.15, 0.2) is 0 Å². The first-order valence-electron chi connectivity index (χ1n) is 6.51. The second-order valence-electron chi connectivity index (χ2n) is 5.70. The lowest BCUT2D eigenvalue weighted by Gasteiger charge is -2.26. The molecule has 2 aliphatic carbocycles. The molecule has 0 aliphatic heterocycles. The molecule has 2 aliphatic rings. The molecule has 0 aromatic carbocycles. The highest BCUT2D eigenvalue weighted by Crippen LogP contribution is 2.36. The summed E-state index contributed by atoms with van der Waals surface area (Å²) in [5.74, 6) is 2.90. The molecule has 2 rings (SSSR count). The fourth-order valence-electron chi connectivity index (χ4n) is 2.81. The number of rotatable bonds is 4. The van der Waals surface area contributed by atoms with Crippen LogP contribution < -0.4 is 5.73 Å². The summed E-state index contributed by atoms with van der Waals surface area (Å²) in [6.45, 7) is 2.39. The van der Waals surface area contributed by atoms with E-state index < -0.39 is 0 Å². The van der Waals surface area contributed by atoms with Crippen molar-refractivity contribution < 1.29 is 0 Å². The summed E-state index contributed by atoms with van der Waals surface area (Å²) in [7, 11) is 0. The van der Waals surface area contributed by atoms with E-state index in [4.69, 9.17) is 5.73 Å². The average molecular weight is 195 g/mol. The lowest BCUT2D eigenvalue weighted by molar-refractivity contribution is 0.266. The van der Waals surface area contributed by atoms with Crippen LogP contribution in [0.1, 0.15) is 58.3 Å². The molecule has 14 heavy (non-hydrogen) atoms. The van der Waals surface area contributed by atoms with Crippen molar-refractivity contribution in [3.63, 3.8) is 0 Å². The van der Waals surface area contributed by atoms with Crippen LogP contribution in [0.5, 0.6) is 0 Å². The Balaban J connectivity index is 1.60. The van der Waals surface area contributed by atoms with Crippen molar-refractivity contribution in [2.45, 2.75) is 64.3 Å². The third-order valence-corrected chi connectivity index (χ3v) is 4.27. The van der Waals surface area contributed by atoms with E-state index in [-0.39, 0.29) is 0 Å². The van der Waals surface area contributed by atoms with E-state index in [0.29, 0.717) is 6.04 Å². The quantitative estimate of drug-likeness (QED) is 0.731. The van der Waals surface area contributed by atoms with Crippen molar-refractivity contribution in [2.75, 3.05) is 0 Å². The Morgan fingerprint density at radius 1 is 1.07 bits per heavy atom. The fourth-order valence-corrected chi connectivity index (χ4v) is 2.81. The van der Waals surface area contributed by atoms with Gasteiger partial charge in [-0.2, -0.15) is 0 Å². The largest absolute Gasteiger partial charge is 0.327 e. The zero-order valence-corrected chi connectivity index (χ0v) is 9.54. The maximum atomic E-state index is 6.12. The molecule has 0 aromatic heterocycles. The van der Waals surface area contributed by atoms with Crippen LogP contribution in [-0.4, -0.2) is 6.04 Å².